The molecule has 0 aliphatic heterocycles. The molecular formula is C17H27ClN2. The van der Waals surface area contributed by atoms with E-state index >= 15 is 0 Å². The van der Waals surface area contributed by atoms with Crippen LogP contribution < -0.4 is 5.32 Å². The van der Waals surface area contributed by atoms with Gasteiger partial charge in [-0.1, -0.05) is 36.6 Å². The van der Waals surface area contributed by atoms with Crippen LogP contribution in [0.4, 0.5) is 0 Å². The number of nitrogens with zero attached hydrogens (tertiary/aromatic N) is 1. The van der Waals surface area contributed by atoms with Gasteiger partial charge in [0.05, 0.1) is 0 Å². The summed E-state index contributed by atoms with van der Waals surface area (Å²) in [4.78, 5) is 2.50. The molecule has 2 rings (SSSR count). The quantitative estimate of drug-likeness (QED) is 0.814. The van der Waals surface area contributed by atoms with Crippen LogP contribution in [0, 0.1) is 5.92 Å². The number of rotatable bonds is 7. The van der Waals surface area contributed by atoms with Crippen molar-refractivity contribution in [1.82, 2.24) is 10.2 Å². The summed E-state index contributed by atoms with van der Waals surface area (Å²) in [5.74, 6) is 0.934. The first-order valence-electron chi connectivity index (χ1n) is 7.80. The van der Waals surface area contributed by atoms with Gasteiger partial charge in [-0.15, -0.1) is 0 Å². The monoisotopic (exact) mass is 294 g/mol. The summed E-state index contributed by atoms with van der Waals surface area (Å²) in [6, 6.07) is 8.62. The number of hydrogen-bond acceptors (Lipinski definition) is 2. The zero-order valence-electron chi connectivity index (χ0n) is 12.7. The molecule has 0 saturated heterocycles. The molecule has 0 amide bonds. The molecule has 1 saturated carbocycles. The molecule has 1 unspecified atom stereocenters. The predicted molar refractivity (Wildman–Crippen MR) is 87.3 cm³/mol. The van der Waals surface area contributed by atoms with Crippen molar-refractivity contribution in [1.29, 1.82) is 0 Å². The molecule has 1 N–H and O–H groups in total. The zero-order valence-corrected chi connectivity index (χ0v) is 13.5. The molecule has 0 radical (unpaired) electrons. The van der Waals surface area contributed by atoms with Gasteiger partial charge in [0.25, 0.3) is 0 Å². The summed E-state index contributed by atoms with van der Waals surface area (Å²) < 4.78 is 0. The van der Waals surface area contributed by atoms with Gasteiger partial charge in [0.15, 0.2) is 0 Å². The Morgan fingerprint density at radius 3 is 2.50 bits per heavy atom. The Labute approximate surface area is 128 Å². The molecule has 3 heteroatoms. The van der Waals surface area contributed by atoms with Gasteiger partial charge < -0.3 is 10.2 Å². The van der Waals surface area contributed by atoms with E-state index in [-0.39, 0.29) is 0 Å². The molecule has 1 aliphatic rings. The largest absolute Gasteiger partial charge is 0.313 e. The summed E-state index contributed by atoms with van der Waals surface area (Å²) in [6.45, 7) is 2.40. The standard InChI is InChI=1S/C17H27ClN2/c1-19-17(15-7-9-16(18)10-8-15)11-12-20(2)13-14-5-3-4-6-14/h7-10,14,17,19H,3-6,11-13H2,1-2H3. The minimum Gasteiger partial charge on any atom is -0.313 e. The van der Waals surface area contributed by atoms with Crippen molar-refractivity contribution in [3.63, 3.8) is 0 Å². The maximum Gasteiger partial charge on any atom is 0.0406 e. The first kappa shape index (κ1) is 15.8. The highest BCUT2D eigenvalue weighted by Gasteiger charge is 2.17. The van der Waals surface area contributed by atoms with E-state index in [9.17, 15) is 0 Å². The van der Waals surface area contributed by atoms with E-state index in [4.69, 9.17) is 11.6 Å². The van der Waals surface area contributed by atoms with Crippen LogP contribution in [0.1, 0.15) is 43.7 Å². The third kappa shape index (κ3) is 4.76. The molecule has 0 spiro atoms. The summed E-state index contributed by atoms with van der Waals surface area (Å²) in [5.41, 5.74) is 1.33. The second kappa shape index (κ2) is 8.02. The van der Waals surface area contributed by atoms with Crippen LogP contribution in [0.25, 0.3) is 0 Å². The molecule has 1 atom stereocenters. The minimum absolute atomic E-state index is 0.415. The third-order valence-corrected chi connectivity index (χ3v) is 4.72. The summed E-state index contributed by atoms with van der Waals surface area (Å²) in [6.07, 6.45) is 6.86. The fourth-order valence-corrected chi connectivity index (χ4v) is 3.37. The van der Waals surface area contributed by atoms with Crippen molar-refractivity contribution in [2.45, 2.75) is 38.1 Å². The van der Waals surface area contributed by atoms with E-state index in [2.05, 4.69) is 29.4 Å². The van der Waals surface area contributed by atoms with Crippen LogP contribution >= 0.6 is 11.6 Å². The molecular weight excluding hydrogens is 268 g/mol. The lowest BCUT2D eigenvalue weighted by atomic mass is 10.0. The lowest BCUT2D eigenvalue weighted by Crippen LogP contribution is -2.29. The van der Waals surface area contributed by atoms with Crippen LogP contribution in [0.15, 0.2) is 24.3 Å². The van der Waals surface area contributed by atoms with Crippen LogP contribution in [-0.2, 0) is 0 Å². The van der Waals surface area contributed by atoms with E-state index in [1.807, 2.05) is 19.2 Å². The Hall–Kier alpha value is -0.570. The van der Waals surface area contributed by atoms with Crippen LogP contribution in [0.2, 0.25) is 5.02 Å². The Balaban J connectivity index is 1.79. The average molecular weight is 295 g/mol. The number of hydrogen-bond donors (Lipinski definition) is 1. The van der Waals surface area contributed by atoms with Crippen LogP contribution in [0.5, 0.6) is 0 Å². The Morgan fingerprint density at radius 1 is 1.25 bits per heavy atom. The molecule has 0 heterocycles. The SMILES string of the molecule is CNC(CCN(C)CC1CCCC1)c1ccc(Cl)cc1. The molecule has 0 bridgehead atoms. The van der Waals surface area contributed by atoms with Crippen molar-refractivity contribution in [2.24, 2.45) is 5.92 Å². The zero-order chi connectivity index (χ0) is 14.4. The van der Waals surface area contributed by atoms with Crippen LogP contribution in [-0.4, -0.2) is 32.1 Å². The van der Waals surface area contributed by atoms with Crippen molar-refractivity contribution < 1.29 is 0 Å². The Bertz CT molecular complexity index is 384. The van der Waals surface area contributed by atoms with E-state index in [1.165, 1.54) is 37.8 Å². The second-order valence-electron chi connectivity index (χ2n) is 6.09. The molecule has 20 heavy (non-hydrogen) atoms. The summed E-state index contributed by atoms with van der Waals surface area (Å²) >= 11 is 5.95. The molecule has 1 aliphatic carbocycles. The van der Waals surface area contributed by atoms with E-state index in [0.29, 0.717) is 6.04 Å². The number of benzene rings is 1. The predicted octanol–water partition coefficient (Wildman–Crippen LogP) is 4.11. The topological polar surface area (TPSA) is 15.3 Å². The minimum atomic E-state index is 0.415. The average Bonchev–Trinajstić information content (AvgIpc) is 2.94. The maximum absolute atomic E-state index is 5.95. The smallest absolute Gasteiger partial charge is 0.0406 e. The van der Waals surface area contributed by atoms with Gasteiger partial charge >= 0.3 is 0 Å². The lowest BCUT2D eigenvalue weighted by Gasteiger charge is -2.24. The summed E-state index contributed by atoms with van der Waals surface area (Å²) in [7, 11) is 4.29. The van der Waals surface area contributed by atoms with Crippen molar-refractivity contribution in [3.8, 4) is 0 Å². The second-order valence-corrected chi connectivity index (χ2v) is 6.53. The molecule has 2 nitrogen and oxygen atoms in total. The van der Waals surface area contributed by atoms with Gasteiger partial charge in [0.2, 0.25) is 0 Å². The molecule has 1 fully saturated rings. The lowest BCUT2D eigenvalue weighted by molar-refractivity contribution is 0.264. The first-order valence-corrected chi connectivity index (χ1v) is 8.18. The Kier molecular flexibility index (Phi) is 6.34. The van der Waals surface area contributed by atoms with Gasteiger partial charge in [0, 0.05) is 17.6 Å². The molecule has 0 aromatic heterocycles. The van der Waals surface area contributed by atoms with Crippen LogP contribution in [0.3, 0.4) is 0 Å². The van der Waals surface area contributed by atoms with E-state index in [1.54, 1.807) is 0 Å². The normalized spacial score (nSPS) is 17.8. The molecule has 1 aromatic carbocycles. The molecule has 112 valence electrons. The van der Waals surface area contributed by atoms with Gasteiger partial charge in [-0.3, -0.25) is 0 Å². The highest BCUT2D eigenvalue weighted by Crippen LogP contribution is 2.25. The van der Waals surface area contributed by atoms with Gasteiger partial charge in [-0.05, 0) is 63.5 Å². The first-order chi connectivity index (χ1) is 9.69. The van der Waals surface area contributed by atoms with Gasteiger partial charge in [-0.2, -0.15) is 0 Å². The van der Waals surface area contributed by atoms with Gasteiger partial charge in [0.1, 0.15) is 0 Å². The Morgan fingerprint density at radius 2 is 1.90 bits per heavy atom. The fourth-order valence-electron chi connectivity index (χ4n) is 3.25. The maximum atomic E-state index is 5.95. The third-order valence-electron chi connectivity index (χ3n) is 4.46. The fraction of sp³-hybridized carbons (Fsp3) is 0.647. The van der Waals surface area contributed by atoms with Crippen molar-refractivity contribution in [2.75, 3.05) is 27.2 Å². The van der Waals surface area contributed by atoms with Crippen molar-refractivity contribution >= 4 is 11.6 Å². The summed E-state index contributed by atoms with van der Waals surface area (Å²) in [5, 5.41) is 4.22. The highest BCUT2D eigenvalue weighted by molar-refractivity contribution is 6.30. The number of halogens is 1. The van der Waals surface area contributed by atoms with Crippen molar-refractivity contribution in [3.05, 3.63) is 34.9 Å². The number of nitrogens with one attached hydrogen (secondary N) is 1. The van der Waals surface area contributed by atoms with E-state index < -0.39 is 0 Å². The van der Waals surface area contributed by atoms with E-state index in [0.717, 1.165) is 23.9 Å². The van der Waals surface area contributed by atoms with Gasteiger partial charge in [-0.25, -0.2) is 0 Å². The molecule has 1 aromatic rings. The highest BCUT2D eigenvalue weighted by atomic mass is 35.5.